The number of anilines is 1. The van der Waals surface area contributed by atoms with Gasteiger partial charge in [0.25, 0.3) is 0 Å². The molecule has 6 heteroatoms. The molecule has 2 atom stereocenters. The summed E-state index contributed by atoms with van der Waals surface area (Å²) in [6, 6.07) is 5.88. The van der Waals surface area contributed by atoms with E-state index in [9.17, 15) is 9.59 Å². The molecule has 5 nitrogen and oxygen atoms in total. The summed E-state index contributed by atoms with van der Waals surface area (Å²) in [5, 5.41) is 5.67. The van der Waals surface area contributed by atoms with Crippen molar-refractivity contribution in [3.63, 3.8) is 0 Å². The molecule has 2 rings (SSSR count). The molecular formula is C17H24BrN3O2. The van der Waals surface area contributed by atoms with E-state index in [1.807, 2.05) is 25.1 Å². The van der Waals surface area contributed by atoms with Gasteiger partial charge < -0.3 is 16.4 Å². The molecule has 126 valence electrons. The van der Waals surface area contributed by atoms with Gasteiger partial charge in [-0.15, -0.1) is 0 Å². The van der Waals surface area contributed by atoms with Gasteiger partial charge in [0.05, 0.1) is 0 Å². The number of carbonyl (C=O) groups is 2. The van der Waals surface area contributed by atoms with Crippen LogP contribution < -0.4 is 16.4 Å². The lowest BCUT2D eigenvalue weighted by molar-refractivity contribution is -0.122. The molecule has 0 aromatic heterocycles. The van der Waals surface area contributed by atoms with E-state index in [0.29, 0.717) is 13.0 Å². The number of benzene rings is 1. The van der Waals surface area contributed by atoms with Crippen LogP contribution >= 0.6 is 15.9 Å². The maximum Gasteiger partial charge on any atom is 0.226 e. The molecule has 0 aliphatic heterocycles. The van der Waals surface area contributed by atoms with Gasteiger partial charge in [-0.2, -0.15) is 0 Å². The van der Waals surface area contributed by atoms with Crippen molar-refractivity contribution in [2.24, 2.45) is 11.7 Å². The fourth-order valence-electron chi connectivity index (χ4n) is 2.89. The van der Waals surface area contributed by atoms with E-state index < -0.39 is 0 Å². The standard InChI is InChI=1S/C17H24BrN3O2/c1-11-5-6-13(18)10-15(11)21-16(22)7-8-20-17(23)9-12-3-2-4-14(12)19/h5-6,10,12,14H,2-4,7-9,19H2,1H3,(H,20,23)(H,21,22)/t12-,14+/m0/s1. The van der Waals surface area contributed by atoms with Crippen molar-refractivity contribution in [3.8, 4) is 0 Å². The molecule has 0 bridgehead atoms. The Balaban J connectivity index is 1.70. The molecule has 0 saturated heterocycles. The molecular weight excluding hydrogens is 358 g/mol. The Morgan fingerprint density at radius 1 is 1.30 bits per heavy atom. The highest BCUT2D eigenvalue weighted by Gasteiger charge is 2.25. The summed E-state index contributed by atoms with van der Waals surface area (Å²) >= 11 is 3.39. The van der Waals surface area contributed by atoms with Crippen molar-refractivity contribution in [1.82, 2.24) is 5.32 Å². The van der Waals surface area contributed by atoms with E-state index in [-0.39, 0.29) is 30.2 Å². The van der Waals surface area contributed by atoms with Crippen LogP contribution in [0.2, 0.25) is 0 Å². The van der Waals surface area contributed by atoms with Gasteiger partial charge in [0.15, 0.2) is 0 Å². The highest BCUT2D eigenvalue weighted by molar-refractivity contribution is 9.10. The minimum absolute atomic E-state index is 0.0150. The zero-order valence-electron chi connectivity index (χ0n) is 13.4. The Morgan fingerprint density at radius 2 is 2.09 bits per heavy atom. The van der Waals surface area contributed by atoms with Crippen LogP contribution in [0.4, 0.5) is 5.69 Å². The van der Waals surface area contributed by atoms with Crippen LogP contribution in [0.5, 0.6) is 0 Å². The first-order chi connectivity index (χ1) is 11.0. The Bertz CT molecular complexity index is 577. The van der Waals surface area contributed by atoms with E-state index in [2.05, 4.69) is 26.6 Å². The molecule has 0 radical (unpaired) electrons. The fourth-order valence-corrected chi connectivity index (χ4v) is 3.25. The average molecular weight is 382 g/mol. The lowest BCUT2D eigenvalue weighted by Crippen LogP contribution is -2.33. The lowest BCUT2D eigenvalue weighted by Gasteiger charge is -2.14. The summed E-state index contributed by atoms with van der Waals surface area (Å²) in [6.45, 7) is 2.29. The van der Waals surface area contributed by atoms with Crippen LogP contribution in [-0.4, -0.2) is 24.4 Å². The number of aryl methyl sites for hydroxylation is 1. The van der Waals surface area contributed by atoms with Gasteiger partial charge in [0, 0.05) is 35.6 Å². The molecule has 0 unspecified atom stereocenters. The van der Waals surface area contributed by atoms with Gasteiger partial charge in [-0.05, 0) is 43.4 Å². The minimum atomic E-state index is -0.107. The largest absolute Gasteiger partial charge is 0.356 e. The number of hydrogen-bond acceptors (Lipinski definition) is 3. The SMILES string of the molecule is Cc1ccc(Br)cc1NC(=O)CCNC(=O)C[C@@H]1CCC[C@H]1N. The number of nitrogens with two attached hydrogens (primary N) is 1. The maximum absolute atomic E-state index is 12.0. The summed E-state index contributed by atoms with van der Waals surface area (Å²) in [5.74, 6) is 0.163. The van der Waals surface area contributed by atoms with Gasteiger partial charge in [-0.25, -0.2) is 0 Å². The van der Waals surface area contributed by atoms with Crippen LogP contribution in [0.15, 0.2) is 22.7 Å². The van der Waals surface area contributed by atoms with E-state index in [1.54, 1.807) is 0 Å². The van der Waals surface area contributed by atoms with Crippen LogP contribution in [0.3, 0.4) is 0 Å². The minimum Gasteiger partial charge on any atom is -0.356 e. The Labute approximate surface area is 145 Å². The van der Waals surface area contributed by atoms with E-state index >= 15 is 0 Å². The maximum atomic E-state index is 12.0. The monoisotopic (exact) mass is 381 g/mol. The fraction of sp³-hybridized carbons (Fsp3) is 0.529. The van der Waals surface area contributed by atoms with Gasteiger partial charge in [0.2, 0.25) is 11.8 Å². The normalized spacial score (nSPS) is 20.3. The summed E-state index contributed by atoms with van der Waals surface area (Å²) in [5.41, 5.74) is 7.75. The molecule has 1 aromatic carbocycles. The lowest BCUT2D eigenvalue weighted by atomic mass is 10.00. The number of carbonyl (C=O) groups excluding carboxylic acids is 2. The highest BCUT2D eigenvalue weighted by Crippen LogP contribution is 2.26. The first-order valence-electron chi connectivity index (χ1n) is 8.04. The first kappa shape index (κ1) is 17.9. The van der Waals surface area contributed by atoms with Crippen molar-refractivity contribution in [2.45, 2.75) is 45.1 Å². The van der Waals surface area contributed by atoms with Crippen LogP contribution in [0.1, 0.15) is 37.7 Å². The first-order valence-corrected chi connectivity index (χ1v) is 8.83. The number of halogens is 1. The summed E-state index contributed by atoms with van der Waals surface area (Å²) in [7, 11) is 0. The van der Waals surface area contributed by atoms with E-state index in [4.69, 9.17) is 5.73 Å². The zero-order chi connectivity index (χ0) is 16.8. The van der Waals surface area contributed by atoms with Crippen LogP contribution in [-0.2, 0) is 9.59 Å². The predicted molar refractivity (Wildman–Crippen MR) is 95.1 cm³/mol. The second-order valence-corrected chi connectivity index (χ2v) is 7.08. The average Bonchev–Trinajstić information content (AvgIpc) is 2.88. The zero-order valence-corrected chi connectivity index (χ0v) is 15.0. The molecule has 23 heavy (non-hydrogen) atoms. The van der Waals surface area contributed by atoms with Crippen molar-refractivity contribution in [2.75, 3.05) is 11.9 Å². The molecule has 1 aliphatic carbocycles. The number of nitrogens with one attached hydrogen (secondary N) is 2. The third-order valence-corrected chi connectivity index (χ3v) is 4.81. The number of rotatable bonds is 6. The topological polar surface area (TPSA) is 84.2 Å². The van der Waals surface area contributed by atoms with Crippen molar-refractivity contribution >= 4 is 33.4 Å². The molecule has 1 aliphatic rings. The van der Waals surface area contributed by atoms with Gasteiger partial charge in [0.1, 0.15) is 0 Å². The molecule has 4 N–H and O–H groups in total. The number of hydrogen-bond donors (Lipinski definition) is 3. The quantitative estimate of drug-likeness (QED) is 0.707. The van der Waals surface area contributed by atoms with Crippen LogP contribution in [0, 0.1) is 12.8 Å². The predicted octanol–water partition coefficient (Wildman–Crippen LogP) is 2.72. The number of amides is 2. The highest BCUT2D eigenvalue weighted by atomic mass is 79.9. The van der Waals surface area contributed by atoms with Crippen molar-refractivity contribution in [1.29, 1.82) is 0 Å². The Morgan fingerprint density at radius 3 is 2.78 bits per heavy atom. The summed E-state index contributed by atoms with van der Waals surface area (Å²) in [6.07, 6.45) is 3.86. The second-order valence-electron chi connectivity index (χ2n) is 6.17. The van der Waals surface area contributed by atoms with Gasteiger partial charge >= 0.3 is 0 Å². The summed E-state index contributed by atoms with van der Waals surface area (Å²) in [4.78, 5) is 23.8. The molecule has 0 spiro atoms. The van der Waals surface area contributed by atoms with Gasteiger partial charge in [-0.3, -0.25) is 9.59 Å². The Kier molecular flexibility index (Phi) is 6.59. The molecule has 1 aromatic rings. The van der Waals surface area contributed by atoms with Crippen molar-refractivity contribution in [3.05, 3.63) is 28.2 Å². The molecule has 0 heterocycles. The third kappa shape index (κ3) is 5.62. The smallest absolute Gasteiger partial charge is 0.226 e. The summed E-state index contributed by atoms with van der Waals surface area (Å²) < 4.78 is 0.916. The van der Waals surface area contributed by atoms with E-state index in [1.165, 1.54) is 0 Å². The molecule has 1 fully saturated rings. The van der Waals surface area contributed by atoms with Gasteiger partial charge in [-0.1, -0.05) is 28.4 Å². The molecule has 2 amide bonds. The molecule has 1 saturated carbocycles. The Hall–Kier alpha value is -1.40. The van der Waals surface area contributed by atoms with E-state index in [0.717, 1.165) is 35.0 Å². The second kappa shape index (κ2) is 8.45. The van der Waals surface area contributed by atoms with Crippen molar-refractivity contribution < 1.29 is 9.59 Å². The van der Waals surface area contributed by atoms with Crippen LogP contribution in [0.25, 0.3) is 0 Å². The third-order valence-electron chi connectivity index (χ3n) is 4.31.